The fourth-order valence-electron chi connectivity index (χ4n) is 3.02. The van der Waals surface area contributed by atoms with Gasteiger partial charge in [-0.25, -0.2) is 22.0 Å². The molecule has 0 fully saturated rings. The molecule has 32 heavy (non-hydrogen) atoms. The number of sulfone groups is 1. The zero-order valence-corrected chi connectivity index (χ0v) is 20.0. The fraction of sp³-hybridized carbons (Fsp3) is 0.300. The van der Waals surface area contributed by atoms with Crippen LogP contribution in [-0.2, 0) is 42.4 Å². The number of methoxy groups -OCH3 is 1. The van der Waals surface area contributed by atoms with Gasteiger partial charge in [0.15, 0.2) is 14.6 Å². The highest BCUT2D eigenvalue weighted by Crippen LogP contribution is 2.21. The molecule has 2 aromatic carbocycles. The molecule has 3 aromatic rings. The van der Waals surface area contributed by atoms with Gasteiger partial charge in [-0.2, -0.15) is 4.99 Å². The van der Waals surface area contributed by atoms with E-state index in [9.17, 15) is 21.6 Å². The van der Waals surface area contributed by atoms with Crippen molar-refractivity contribution in [1.29, 1.82) is 0 Å². The molecule has 12 heteroatoms. The van der Waals surface area contributed by atoms with E-state index in [4.69, 9.17) is 9.88 Å². The first-order valence-electron chi connectivity index (χ1n) is 9.59. The van der Waals surface area contributed by atoms with Gasteiger partial charge in [-0.15, -0.1) is 0 Å². The summed E-state index contributed by atoms with van der Waals surface area (Å²) >= 11 is 1.17. The number of ether oxygens (including phenoxy) is 1. The number of nitrogens with two attached hydrogens (primary N) is 1. The van der Waals surface area contributed by atoms with E-state index in [-0.39, 0.29) is 22.0 Å². The minimum Gasteiger partial charge on any atom is -0.383 e. The van der Waals surface area contributed by atoms with Gasteiger partial charge in [0.2, 0.25) is 10.0 Å². The van der Waals surface area contributed by atoms with E-state index < -0.39 is 25.8 Å². The van der Waals surface area contributed by atoms with Gasteiger partial charge in [0.25, 0.3) is 5.91 Å². The molecule has 0 radical (unpaired) electrons. The Hall–Kier alpha value is -2.38. The second-order valence-electron chi connectivity index (χ2n) is 6.93. The van der Waals surface area contributed by atoms with Crippen LogP contribution in [0.3, 0.4) is 0 Å². The molecule has 2 N–H and O–H groups in total. The van der Waals surface area contributed by atoms with Crippen LogP contribution in [0.5, 0.6) is 0 Å². The minimum atomic E-state index is -3.86. The molecule has 0 aliphatic heterocycles. The molecule has 0 aliphatic rings. The SMILES string of the molecule is CCS(=O)(=O)c1ccc(CC(=O)N=c2sc3cc(S(N)(=O)=O)ccc3n2CCOC)cc1. The molecular formula is C20H23N3O6S3. The van der Waals surface area contributed by atoms with E-state index in [1.165, 1.54) is 35.6 Å². The second-order valence-corrected chi connectivity index (χ2v) is 11.8. The highest BCUT2D eigenvalue weighted by Gasteiger charge is 2.14. The van der Waals surface area contributed by atoms with Crippen LogP contribution in [0.25, 0.3) is 10.2 Å². The van der Waals surface area contributed by atoms with Crippen LogP contribution in [0.15, 0.2) is 57.2 Å². The smallest absolute Gasteiger partial charge is 0.252 e. The fourth-order valence-corrected chi connectivity index (χ4v) is 5.63. The van der Waals surface area contributed by atoms with Gasteiger partial charge in [-0.05, 0) is 35.9 Å². The summed E-state index contributed by atoms with van der Waals surface area (Å²) in [6, 6.07) is 10.6. The number of nitrogens with zero attached hydrogens (tertiary/aromatic N) is 2. The Balaban J connectivity index is 1.96. The van der Waals surface area contributed by atoms with E-state index in [0.717, 1.165) is 0 Å². The van der Waals surface area contributed by atoms with Crippen LogP contribution >= 0.6 is 11.3 Å². The van der Waals surface area contributed by atoms with Crippen molar-refractivity contribution in [2.45, 2.75) is 29.7 Å². The molecule has 1 aromatic heterocycles. The summed E-state index contributed by atoms with van der Waals surface area (Å²) in [5, 5.41) is 5.22. The molecular weight excluding hydrogens is 474 g/mol. The molecule has 0 spiro atoms. The van der Waals surface area contributed by atoms with Crippen LogP contribution in [0.4, 0.5) is 0 Å². The zero-order valence-electron chi connectivity index (χ0n) is 17.5. The van der Waals surface area contributed by atoms with Crippen molar-refractivity contribution >= 4 is 47.3 Å². The third-order valence-electron chi connectivity index (χ3n) is 4.74. The topological polar surface area (TPSA) is 138 Å². The summed E-state index contributed by atoms with van der Waals surface area (Å²) in [7, 11) is -5.62. The molecule has 3 rings (SSSR count). The van der Waals surface area contributed by atoms with Crippen molar-refractivity contribution in [2.75, 3.05) is 19.5 Å². The lowest BCUT2D eigenvalue weighted by Gasteiger charge is -2.05. The first-order valence-corrected chi connectivity index (χ1v) is 13.6. The van der Waals surface area contributed by atoms with Crippen molar-refractivity contribution in [3.8, 4) is 0 Å². The Bertz CT molecular complexity index is 1420. The lowest BCUT2D eigenvalue weighted by Crippen LogP contribution is -2.19. The van der Waals surface area contributed by atoms with Gasteiger partial charge in [0.05, 0.1) is 38.8 Å². The summed E-state index contributed by atoms with van der Waals surface area (Å²) in [6.45, 7) is 2.36. The first kappa shape index (κ1) is 24.3. The number of sulfonamides is 1. The van der Waals surface area contributed by atoms with Crippen molar-refractivity contribution in [2.24, 2.45) is 10.1 Å². The normalized spacial score (nSPS) is 13.0. The Morgan fingerprint density at radius 3 is 2.34 bits per heavy atom. The third kappa shape index (κ3) is 5.51. The monoisotopic (exact) mass is 497 g/mol. The molecule has 0 atom stereocenters. The van der Waals surface area contributed by atoms with Crippen LogP contribution in [0.1, 0.15) is 12.5 Å². The predicted molar refractivity (Wildman–Crippen MR) is 122 cm³/mol. The van der Waals surface area contributed by atoms with Gasteiger partial charge in [-0.1, -0.05) is 30.4 Å². The lowest BCUT2D eigenvalue weighted by atomic mass is 10.1. The summed E-state index contributed by atoms with van der Waals surface area (Å²) < 4.78 is 54.7. The first-order chi connectivity index (χ1) is 15.0. The number of amides is 1. The molecule has 0 bridgehead atoms. The minimum absolute atomic E-state index is 0.00118. The second kappa shape index (κ2) is 9.63. The number of rotatable bonds is 8. The Kier molecular flexibility index (Phi) is 7.30. The van der Waals surface area contributed by atoms with E-state index >= 15 is 0 Å². The van der Waals surface area contributed by atoms with Crippen LogP contribution in [-0.4, -0.2) is 46.8 Å². The average Bonchev–Trinajstić information content (AvgIpc) is 3.07. The largest absolute Gasteiger partial charge is 0.383 e. The van der Waals surface area contributed by atoms with Gasteiger partial charge >= 0.3 is 0 Å². The zero-order chi connectivity index (χ0) is 23.5. The van der Waals surface area contributed by atoms with E-state index in [1.54, 1.807) is 36.8 Å². The number of hydrogen-bond acceptors (Lipinski definition) is 7. The van der Waals surface area contributed by atoms with Crippen molar-refractivity contribution < 1.29 is 26.4 Å². The maximum atomic E-state index is 12.6. The third-order valence-corrected chi connectivity index (χ3v) is 8.44. The Morgan fingerprint density at radius 1 is 1.09 bits per heavy atom. The summed E-state index contributed by atoms with van der Waals surface area (Å²) in [4.78, 5) is 17.4. The summed E-state index contributed by atoms with van der Waals surface area (Å²) in [5.41, 5.74) is 1.34. The maximum Gasteiger partial charge on any atom is 0.252 e. The predicted octanol–water partition coefficient (Wildman–Crippen LogP) is 1.46. The maximum absolute atomic E-state index is 12.6. The highest BCUT2D eigenvalue weighted by atomic mass is 32.2. The Morgan fingerprint density at radius 2 is 1.75 bits per heavy atom. The molecule has 1 heterocycles. The van der Waals surface area contributed by atoms with Crippen LogP contribution < -0.4 is 9.94 Å². The molecule has 0 saturated heterocycles. The van der Waals surface area contributed by atoms with Crippen LogP contribution in [0, 0.1) is 0 Å². The summed E-state index contributed by atoms with van der Waals surface area (Å²) in [6.07, 6.45) is -0.00654. The number of carbonyl (C=O) groups is 1. The van der Waals surface area contributed by atoms with Crippen molar-refractivity contribution in [3.63, 3.8) is 0 Å². The average molecular weight is 498 g/mol. The quantitative estimate of drug-likeness (QED) is 0.500. The molecule has 172 valence electrons. The molecule has 1 amide bonds. The highest BCUT2D eigenvalue weighted by molar-refractivity contribution is 7.91. The molecule has 0 unspecified atom stereocenters. The lowest BCUT2D eigenvalue weighted by molar-refractivity contribution is -0.117. The van der Waals surface area contributed by atoms with Gasteiger partial charge in [0.1, 0.15) is 0 Å². The summed E-state index contributed by atoms with van der Waals surface area (Å²) in [5.74, 6) is -0.415. The number of fused-ring (bicyclic) bond motifs is 1. The molecule has 9 nitrogen and oxygen atoms in total. The number of primary sulfonamides is 1. The molecule has 0 saturated carbocycles. The van der Waals surface area contributed by atoms with Gasteiger partial charge < -0.3 is 9.30 Å². The number of hydrogen-bond donors (Lipinski definition) is 1. The van der Waals surface area contributed by atoms with Gasteiger partial charge in [0, 0.05) is 13.7 Å². The van der Waals surface area contributed by atoms with E-state index in [2.05, 4.69) is 4.99 Å². The number of carbonyl (C=O) groups excluding carboxylic acids is 1. The van der Waals surface area contributed by atoms with E-state index in [1.807, 2.05) is 0 Å². The van der Waals surface area contributed by atoms with E-state index in [0.29, 0.717) is 33.7 Å². The number of thiazole rings is 1. The Labute approximate surface area is 190 Å². The molecule has 0 aliphatic carbocycles. The number of aromatic nitrogens is 1. The standard InChI is InChI=1S/C20H23N3O6S3/c1-3-31(25,26)15-6-4-14(5-7-15)12-19(24)22-20-23(10-11-29-2)17-9-8-16(32(21,27)28)13-18(17)30-20/h4-9,13H,3,10-12H2,1-2H3,(H2,21,27,28). The van der Waals surface area contributed by atoms with Crippen molar-refractivity contribution in [3.05, 3.63) is 52.8 Å². The van der Waals surface area contributed by atoms with Crippen LogP contribution in [0.2, 0.25) is 0 Å². The number of benzene rings is 2. The van der Waals surface area contributed by atoms with Gasteiger partial charge in [-0.3, -0.25) is 4.79 Å². The van der Waals surface area contributed by atoms with Crippen molar-refractivity contribution in [1.82, 2.24) is 4.57 Å².